The van der Waals surface area contributed by atoms with Gasteiger partial charge in [-0.15, -0.1) is 0 Å². The number of para-hydroxylation sites is 1. The lowest BCUT2D eigenvalue weighted by atomic mass is 10.0. The summed E-state index contributed by atoms with van der Waals surface area (Å²) < 4.78 is 0. The minimum Gasteiger partial charge on any atom is -0.338 e. The molecule has 5 nitrogen and oxygen atoms in total. The number of fused-ring (bicyclic) bond motifs is 1. The van der Waals surface area contributed by atoms with Crippen molar-refractivity contribution in [3.63, 3.8) is 0 Å². The molecular formula is C20H16Cl2N4O. The average Bonchev–Trinajstić information content (AvgIpc) is 2.70. The topological polar surface area (TPSA) is 58.1 Å². The van der Waals surface area contributed by atoms with E-state index in [1.165, 1.54) is 18.0 Å². The lowest BCUT2D eigenvalue weighted by Crippen LogP contribution is -2.36. The van der Waals surface area contributed by atoms with Gasteiger partial charge >= 0.3 is 0 Å². The van der Waals surface area contributed by atoms with Crippen LogP contribution in [-0.4, -0.2) is 22.4 Å². The fourth-order valence-corrected chi connectivity index (χ4v) is 3.57. The number of anilines is 3. The monoisotopic (exact) mass is 398 g/mol. The molecule has 2 aromatic carbocycles. The summed E-state index contributed by atoms with van der Waals surface area (Å²) in [6, 6.07) is 13.1. The van der Waals surface area contributed by atoms with Crippen molar-refractivity contribution >= 4 is 46.3 Å². The first-order valence-corrected chi connectivity index (χ1v) is 9.31. The van der Waals surface area contributed by atoms with E-state index in [1.54, 1.807) is 23.1 Å². The van der Waals surface area contributed by atoms with Crippen molar-refractivity contribution in [2.75, 3.05) is 16.8 Å². The molecule has 7 heteroatoms. The van der Waals surface area contributed by atoms with Crippen molar-refractivity contribution in [2.24, 2.45) is 0 Å². The molecule has 2 heterocycles. The number of nitrogens with one attached hydrogen (secondary N) is 1. The zero-order chi connectivity index (χ0) is 18.8. The maximum absolute atomic E-state index is 12.9. The number of nitrogens with zero attached hydrogens (tertiary/aromatic N) is 3. The van der Waals surface area contributed by atoms with Crippen molar-refractivity contribution in [1.29, 1.82) is 0 Å². The first-order chi connectivity index (χ1) is 13.1. The number of carbonyl (C=O) groups is 1. The second-order valence-electron chi connectivity index (χ2n) is 6.23. The standard InChI is InChI=1S/C20H16Cl2N4O/c21-14-7-8-16(15(22)10-14)25-19-12-23-17(11-24-19)20(27)26-9-3-5-13-4-1-2-6-18(13)26/h1-2,4,6-8,10-12H,3,5,9H2,(H,24,25). The maximum atomic E-state index is 12.9. The van der Waals surface area contributed by atoms with Crippen LogP contribution in [0.3, 0.4) is 0 Å². The zero-order valence-electron chi connectivity index (χ0n) is 14.3. The summed E-state index contributed by atoms with van der Waals surface area (Å²) in [4.78, 5) is 23.2. The Balaban J connectivity index is 1.53. The second kappa shape index (κ2) is 7.55. The number of hydrogen-bond donors (Lipinski definition) is 1. The Bertz CT molecular complexity index is 992. The third-order valence-corrected chi connectivity index (χ3v) is 4.97. The van der Waals surface area contributed by atoms with Crippen LogP contribution in [0.2, 0.25) is 10.0 Å². The highest BCUT2D eigenvalue weighted by molar-refractivity contribution is 6.36. The van der Waals surface area contributed by atoms with Crippen LogP contribution < -0.4 is 10.2 Å². The number of carbonyl (C=O) groups excluding carboxylic acids is 1. The van der Waals surface area contributed by atoms with Crippen LogP contribution in [0.4, 0.5) is 17.2 Å². The minimum atomic E-state index is -0.147. The molecule has 0 bridgehead atoms. The van der Waals surface area contributed by atoms with Crippen LogP contribution in [0.5, 0.6) is 0 Å². The molecule has 1 amide bonds. The van der Waals surface area contributed by atoms with Crippen LogP contribution in [0.1, 0.15) is 22.5 Å². The number of rotatable bonds is 3. The Morgan fingerprint density at radius 1 is 1.07 bits per heavy atom. The Hall–Kier alpha value is -2.63. The van der Waals surface area contributed by atoms with Gasteiger partial charge in [0.1, 0.15) is 11.5 Å². The summed E-state index contributed by atoms with van der Waals surface area (Å²) in [5.41, 5.74) is 3.10. The van der Waals surface area contributed by atoms with Crippen LogP contribution in [0.25, 0.3) is 0 Å². The Kier molecular flexibility index (Phi) is 4.97. The molecule has 1 N–H and O–H groups in total. The number of amides is 1. The summed E-state index contributed by atoms with van der Waals surface area (Å²) in [7, 11) is 0. The van der Waals surface area contributed by atoms with E-state index in [0.29, 0.717) is 33.8 Å². The van der Waals surface area contributed by atoms with Crippen molar-refractivity contribution in [1.82, 2.24) is 9.97 Å². The molecule has 0 saturated heterocycles. The lowest BCUT2D eigenvalue weighted by Gasteiger charge is -2.29. The van der Waals surface area contributed by atoms with Crippen LogP contribution in [0.15, 0.2) is 54.9 Å². The highest BCUT2D eigenvalue weighted by Crippen LogP contribution is 2.29. The van der Waals surface area contributed by atoms with E-state index in [2.05, 4.69) is 21.4 Å². The zero-order valence-corrected chi connectivity index (χ0v) is 15.8. The van der Waals surface area contributed by atoms with E-state index in [1.807, 2.05) is 18.2 Å². The van der Waals surface area contributed by atoms with Gasteiger partial charge in [0.25, 0.3) is 5.91 Å². The third-order valence-electron chi connectivity index (χ3n) is 4.42. The first kappa shape index (κ1) is 17.8. The third kappa shape index (κ3) is 3.75. The highest BCUT2D eigenvalue weighted by atomic mass is 35.5. The predicted octanol–water partition coefficient (Wildman–Crippen LogP) is 5.12. The largest absolute Gasteiger partial charge is 0.338 e. The number of hydrogen-bond acceptors (Lipinski definition) is 4. The van der Waals surface area contributed by atoms with E-state index in [-0.39, 0.29) is 5.91 Å². The number of aryl methyl sites for hydroxylation is 1. The second-order valence-corrected chi connectivity index (χ2v) is 7.07. The molecule has 0 aliphatic carbocycles. The number of benzene rings is 2. The molecule has 1 aliphatic rings. The molecule has 0 saturated carbocycles. The first-order valence-electron chi connectivity index (χ1n) is 8.56. The van der Waals surface area contributed by atoms with Gasteiger partial charge in [0, 0.05) is 17.3 Å². The van der Waals surface area contributed by atoms with Crippen LogP contribution in [0, 0.1) is 0 Å². The molecule has 0 spiro atoms. The predicted molar refractivity (Wildman–Crippen MR) is 108 cm³/mol. The normalized spacial score (nSPS) is 13.2. The summed E-state index contributed by atoms with van der Waals surface area (Å²) in [5, 5.41) is 4.11. The average molecular weight is 399 g/mol. The molecule has 3 aromatic rings. The van der Waals surface area contributed by atoms with Gasteiger partial charge in [-0.2, -0.15) is 0 Å². The Labute approximate surface area is 167 Å². The molecular weight excluding hydrogens is 383 g/mol. The van der Waals surface area contributed by atoms with Crippen LogP contribution in [-0.2, 0) is 6.42 Å². The molecule has 4 rings (SSSR count). The summed E-state index contributed by atoms with van der Waals surface area (Å²) in [5.74, 6) is 0.348. The molecule has 1 aliphatic heterocycles. The van der Waals surface area contributed by atoms with E-state index in [9.17, 15) is 4.79 Å². The highest BCUT2D eigenvalue weighted by Gasteiger charge is 2.24. The van der Waals surface area contributed by atoms with Gasteiger partial charge in [0.15, 0.2) is 0 Å². The van der Waals surface area contributed by atoms with E-state index >= 15 is 0 Å². The summed E-state index contributed by atoms with van der Waals surface area (Å²) >= 11 is 12.1. The SMILES string of the molecule is O=C(c1cnc(Nc2ccc(Cl)cc2Cl)cn1)N1CCCc2ccccc21. The van der Waals surface area contributed by atoms with Gasteiger partial charge in [0.05, 0.1) is 23.1 Å². The van der Waals surface area contributed by atoms with E-state index in [4.69, 9.17) is 23.2 Å². The quantitative estimate of drug-likeness (QED) is 0.664. The van der Waals surface area contributed by atoms with Crippen molar-refractivity contribution in [3.8, 4) is 0 Å². The lowest BCUT2D eigenvalue weighted by molar-refractivity contribution is 0.0980. The number of halogens is 2. The van der Waals surface area contributed by atoms with E-state index < -0.39 is 0 Å². The Morgan fingerprint density at radius 3 is 2.70 bits per heavy atom. The van der Waals surface area contributed by atoms with Crippen LogP contribution >= 0.6 is 23.2 Å². The van der Waals surface area contributed by atoms with Gasteiger partial charge in [-0.05, 0) is 42.7 Å². The molecule has 27 heavy (non-hydrogen) atoms. The fraction of sp³-hybridized carbons (Fsp3) is 0.150. The van der Waals surface area contributed by atoms with Gasteiger partial charge in [-0.25, -0.2) is 9.97 Å². The summed E-state index contributed by atoms with van der Waals surface area (Å²) in [6.07, 6.45) is 4.92. The minimum absolute atomic E-state index is 0.147. The molecule has 0 fully saturated rings. The van der Waals surface area contributed by atoms with Crippen molar-refractivity contribution in [2.45, 2.75) is 12.8 Å². The summed E-state index contributed by atoms with van der Waals surface area (Å²) in [6.45, 7) is 0.678. The van der Waals surface area contributed by atoms with Gasteiger partial charge < -0.3 is 10.2 Å². The molecule has 0 unspecified atom stereocenters. The smallest absolute Gasteiger partial charge is 0.278 e. The number of aromatic nitrogens is 2. The maximum Gasteiger partial charge on any atom is 0.278 e. The molecule has 0 atom stereocenters. The fourth-order valence-electron chi connectivity index (χ4n) is 3.11. The molecule has 1 aromatic heterocycles. The molecule has 0 radical (unpaired) electrons. The van der Waals surface area contributed by atoms with Gasteiger partial charge in [-0.1, -0.05) is 41.4 Å². The van der Waals surface area contributed by atoms with E-state index in [0.717, 1.165) is 18.5 Å². The van der Waals surface area contributed by atoms with Gasteiger partial charge in [-0.3, -0.25) is 4.79 Å². The Morgan fingerprint density at radius 2 is 1.93 bits per heavy atom. The van der Waals surface area contributed by atoms with Crippen molar-refractivity contribution in [3.05, 3.63) is 76.2 Å². The molecule has 136 valence electrons. The van der Waals surface area contributed by atoms with Gasteiger partial charge in [0.2, 0.25) is 0 Å². The van der Waals surface area contributed by atoms with Crippen molar-refractivity contribution < 1.29 is 4.79 Å².